The van der Waals surface area contributed by atoms with Gasteiger partial charge in [0.25, 0.3) is 0 Å². The van der Waals surface area contributed by atoms with Crippen molar-refractivity contribution in [1.29, 1.82) is 0 Å². The fourth-order valence-corrected chi connectivity index (χ4v) is 3.22. The molecule has 1 amide bonds. The van der Waals surface area contributed by atoms with E-state index in [1.807, 2.05) is 33.2 Å². The third-order valence-corrected chi connectivity index (χ3v) is 4.83. The summed E-state index contributed by atoms with van der Waals surface area (Å²) in [4.78, 5) is 16.8. The second-order valence-corrected chi connectivity index (χ2v) is 6.81. The van der Waals surface area contributed by atoms with Crippen LogP contribution in [0.1, 0.15) is 43.7 Å². The van der Waals surface area contributed by atoms with Gasteiger partial charge in [0, 0.05) is 13.0 Å². The molecule has 1 N–H and O–H groups in total. The lowest BCUT2D eigenvalue weighted by Gasteiger charge is -2.30. The second-order valence-electron chi connectivity index (χ2n) is 6.81. The van der Waals surface area contributed by atoms with E-state index in [1.165, 1.54) is 0 Å². The van der Waals surface area contributed by atoms with E-state index in [0.717, 1.165) is 44.0 Å². The average Bonchev–Trinajstić information content (AvgIpc) is 2.94. The van der Waals surface area contributed by atoms with Gasteiger partial charge in [-0.1, -0.05) is 6.92 Å². The standard InChI is InChI=1S/C18H31N3O2/c1-5-21-10-8-15(9-11-21)12-18(22)19-13-16(20(3)4)17-7-6-14(2)23-17/h6-7,15-16H,5,8-13H2,1-4H3,(H,19,22)/t16-/m0/s1. The Labute approximate surface area is 140 Å². The van der Waals surface area contributed by atoms with Gasteiger partial charge < -0.3 is 14.6 Å². The lowest BCUT2D eigenvalue weighted by molar-refractivity contribution is -0.122. The first-order valence-electron chi connectivity index (χ1n) is 8.71. The van der Waals surface area contributed by atoms with E-state index in [4.69, 9.17) is 4.42 Å². The summed E-state index contributed by atoms with van der Waals surface area (Å²) in [5.74, 6) is 2.50. The molecule has 5 heteroatoms. The van der Waals surface area contributed by atoms with Crippen molar-refractivity contribution in [2.45, 2.75) is 39.2 Å². The van der Waals surface area contributed by atoms with E-state index in [-0.39, 0.29) is 11.9 Å². The Kier molecular flexibility index (Phi) is 6.66. The Hall–Kier alpha value is -1.33. The number of piperidine rings is 1. The van der Waals surface area contributed by atoms with Crippen molar-refractivity contribution >= 4 is 5.91 Å². The topological polar surface area (TPSA) is 48.7 Å². The first kappa shape index (κ1) is 18.0. The molecule has 0 aromatic carbocycles. The number of amides is 1. The lowest BCUT2D eigenvalue weighted by Crippen LogP contribution is -2.38. The SMILES string of the molecule is CCN1CCC(CC(=O)NC[C@@H](c2ccc(C)o2)N(C)C)CC1. The van der Waals surface area contributed by atoms with Crippen molar-refractivity contribution in [3.63, 3.8) is 0 Å². The van der Waals surface area contributed by atoms with Crippen LogP contribution in [-0.4, -0.2) is 56.0 Å². The van der Waals surface area contributed by atoms with Gasteiger partial charge in [0.1, 0.15) is 11.5 Å². The summed E-state index contributed by atoms with van der Waals surface area (Å²) in [5.41, 5.74) is 0. The molecule has 0 unspecified atom stereocenters. The van der Waals surface area contributed by atoms with Crippen molar-refractivity contribution in [3.8, 4) is 0 Å². The van der Waals surface area contributed by atoms with Gasteiger partial charge in [0.15, 0.2) is 0 Å². The smallest absolute Gasteiger partial charge is 0.220 e. The number of nitrogens with zero attached hydrogens (tertiary/aromatic N) is 2. The molecule has 1 saturated heterocycles. The molecule has 0 bridgehead atoms. The van der Waals surface area contributed by atoms with Gasteiger partial charge >= 0.3 is 0 Å². The monoisotopic (exact) mass is 321 g/mol. The van der Waals surface area contributed by atoms with E-state index in [0.29, 0.717) is 18.9 Å². The van der Waals surface area contributed by atoms with Crippen LogP contribution in [-0.2, 0) is 4.79 Å². The van der Waals surface area contributed by atoms with Crippen molar-refractivity contribution in [2.24, 2.45) is 5.92 Å². The lowest BCUT2D eigenvalue weighted by atomic mass is 9.93. The maximum absolute atomic E-state index is 12.3. The molecule has 1 aliphatic rings. The highest BCUT2D eigenvalue weighted by molar-refractivity contribution is 5.76. The first-order chi connectivity index (χ1) is 11.0. The summed E-state index contributed by atoms with van der Waals surface area (Å²) in [6.45, 7) is 8.10. The zero-order chi connectivity index (χ0) is 16.8. The number of likely N-dealkylation sites (tertiary alicyclic amines) is 1. The molecule has 2 heterocycles. The largest absolute Gasteiger partial charge is 0.465 e. The Morgan fingerprint density at radius 1 is 1.39 bits per heavy atom. The van der Waals surface area contributed by atoms with Crippen LogP contribution < -0.4 is 5.32 Å². The van der Waals surface area contributed by atoms with E-state index in [9.17, 15) is 4.79 Å². The number of hydrogen-bond acceptors (Lipinski definition) is 4. The van der Waals surface area contributed by atoms with Gasteiger partial charge in [0.2, 0.25) is 5.91 Å². The predicted molar refractivity (Wildman–Crippen MR) is 92.3 cm³/mol. The fourth-order valence-electron chi connectivity index (χ4n) is 3.22. The molecule has 1 atom stereocenters. The molecule has 0 aliphatic carbocycles. The molecular weight excluding hydrogens is 290 g/mol. The van der Waals surface area contributed by atoms with Gasteiger partial charge in [0.05, 0.1) is 6.04 Å². The molecule has 5 nitrogen and oxygen atoms in total. The highest BCUT2D eigenvalue weighted by atomic mass is 16.3. The number of furan rings is 1. The van der Waals surface area contributed by atoms with E-state index < -0.39 is 0 Å². The molecule has 0 spiro atoms. The first-order valence-corrected chi connectivity index (χ1v) is 8.71. The average molecular weight is 321 g/mol. The minimum Gasteiger partial charge on any atom is -0.465 e. The molecule has 130 valence electrons. The number of carbonyl (C=O) groups excluding carboxylic acids is 1. The number of nitrogens with one attached hydrogen (secondary N) is 1. The molecule has 0 saturated carbocycles. The Morgan fingerprint density at radius 2 is 2.09 bits per heavy atom. The molecular formula is C18H31N3O2. The molecule has 23 heavy (non-hydrogen) atoms. The van der Waals surface area contributed by atoms with E-state index in [1.54, 1.807) is 0 Å². The van der Waals surface area contributed by atoms with Crippen LogP contribution in [0.5, 0.6) is 0 Å². The summed E-state index contributed by atoms with van der Waals surface area (Å²) >= 11 is 0. The summed E-state index contributed by atoms with van der Waals surface area (Å²) < 4.78 is 5.71. The van der Waals surface area contributed by atoms with Crippen molar-refractivity contribution in [2.75, 3.05) is 40.3 Å². The molecule has 1 fully saturated rings. The minimum atomic E-state index is 0.0783. The van der Waals surface area contributed by atoms with Crippen molar-refractivity contribution < 1.29 is 9.21 Å². The number of rotatable bonds is 7. The van der Waals surface area contributed by atoms with E-state index >= 15 is 0 Å². The van der Waals surface area contributed by atoms with Crippen molar-refractivity contribution in [3.05, 3.63) is 23.7 Å². The normalized spacial score (nSPS) is 18.3. The van der Waals surface area contributed by atoms with Gasteiger partial charge in [-0.25, -0.2) is 0 Å². The van der Waals surface area contributed by atoms with Crippen molar-refractivity contribution in [1.82, 2.24) is 15.1 Å². The third-order valence-electron chi connectivity index (χ3n) is 4.83. The maximum Gasteiger partial charge on any atom is 0.220 e. The highest BCUT2D eigenvalue weighted by Crippen LogP contribution is 2.22. The van der Waals surface area contributed by atoms with Crippen LogP contribution in [0, 0.1) is 12.8 Å². The van der Waals surface area contributed by atoms with Crippen LogP contribution >= 0.6 is 0 Å². The predicted octanol–water partition coefficient (Wildman–Crippen LogP) is 2.43. The quantitative estimate of drug-likeness (QED) is 0.838. The molecule has 1 aliphatic heterocycles. The number of carbonyl (C=O) groups is 1. The van der Waals surface area contributed by atoms with Gasteiger partial charge in [-0.15, -0.1) is 0 Å². The van der Waals surface area contributed by atoms with Crippen LogP contribution in [0.3, 0.4) is 0 Å². The molecule has 2 rings (SSSR count). The van der Waals surface area contributed by atoms with Gasteiger partial charge in [-0.05, 0) is 71.5 Å². The second kappa shape index (κ2) is 8.50. The van der Waals surface area contributed by atoms with Crippen LogP contribution in [0.2, 0.25) is 0 Å². The molecule has 1 aromatic heterocycles. The highest BCUT2D eigenvalue weighted by Gasteiger charge is 2.22. The number of aryl methyl sites for hydroxylation is 1. The third kappa shape index (κ3) is 5.36. The summed E-state index contributed by atoms with van der Waals surface area (Å²) in [6, 6.07) is 4.04. The van der Waals surface area contributed by atoms with E-state index in [2.05, 4.69) is 22.0 Å². The molecule has 0 radical (unpaired) electrons. The zero-order valence-corrected chi connectivity index (χ0v) is 15.0. The zero-order valence-electron chi connectivity index (χ0n) is 15.0. The fraction of sp³-hybridized carbons (Fsp3) is 0.722. The van der Waals surface area contributed by atoms with Crippen LogP contribution in [0.25, 0.3) is 0 Å². The number of hydrogen-bond donors (Lipinski definition) is 1. The van der Waals surface area contributed by atoms with Gasteiger partial charge in [-0.3, -0.25) is 9.69 Å². The summed E-state index contributed by atoms with van der Waals surface area (Å²) in [6.07, 6.45) is 2.92. The Bertz CT molecular complexity index is 490. The Morgan fingerprint density at radius 3 is 2.61 bits per heavy atom. The minimum absolute atomic E-state index is 0.0783. The maximum atomic E-state index is 12.3. The summed E-state index contributed by atoms with van der Waals surface area (Å²) in [7, 11) is 4.02. The van der Waals surface area contributed by atoms with Crippen LogP contribution in [0.4, 0.5) is 0 Å². The number of likely N-dealkylation sites (N-methyl/N-ethyl adjacent to an activating group) is 1. The molecule has 1 aromatic rings. The Balaban J connectivity index is 1.78. The summed E-state index contributed by atoms with van der Waals surface area (Å²) in [5, 5.41) is 3.09. The van der Waals surface area contributed by atoms with Crippen LogP contribution in [0.15, 0.2) is 16.5 Å². The van der Waals surface area contributed by atoms with Gasteiger partial charge in [-0.2, -0.15) is 0 Å².